The van der Waals surface area contributed by atoms with Crippen LogP contribution in [0.15, 0.2) is 18.2 Å². The fourth-order valence-corrected chi connectivity index (χ4v) is 3.04. The molecule has 2 atom stereocenters. The molecule has 5 nitrogen and oxygen atoms in total. The fourth-order valence-electron chi connectivity index (χ4n) is 2.85. The normalized spacial score (nSPS) is 21.2. The minimum Gasteiger partial charge on any atom is -0.496 e. The Morgan fingerprint density at radius 3 is 2.77 bits per heavy atom. The lowest BCUT2D eigenvalue weighted by Crippen LogP contribution is -2.39. The molecule has 0 saturated carbocycles. The van der Waals surface area contributed by atoms with E-state index in [2.05, 4.69) is 0 Å². The van der Waals surface area contributed by atoms with E-state index in [-0.39, 0.29) is 24.5 Å². The van der Waals surface area contributed by atoms with Crippen LogP contribution in [0.2, 0.25) is 5.02 Å². The van der Waals surface area contributed by atoms with Gasteiger partial charge in [0, 0.05) is 31.4 Å². The van der Waals surface area contributed by atoms with E-state index in [1.807, 2.05) is 4.90 Å². The first-order valence-electron chi connectivity index (χ1n) is 7.22. The third-order valence-corrected chi connectivity index (χ3v) is 4.21. The Bertz CT molecular complexity index is 523. The van der Waals surface area contributed by atoms with Crippen LogP contribution in [0.5, 0.6) is 5.75 Å². The minimum atomic E-state index is 0.0298. The van der Waals surface area contributed by atoms with E-state index in [0.29, 0.717) is 23.9 Å². The SMILES string of the molecule is COC[C@@H]1C[C@@H](OC)CN1C(=O)Cc1cc(Cl)ccc1OC. The molecule has 1 amide bonds. The van der Waals surface area contributed by atoms with Gasteiger partial charge in [0.2, 0.25) is 5.91 Å². The smallest absolute Gasteiger partial charge is 0.227 e. The average Bonchev–Trinajstić information content (AvgIpc) is 2.91. The Kier molecular flexibility index (Phi) is 6.06. The summed E-state index contributed by atoms with van der Waals surface area (Å²) in [4.78, 5) is 14.5. The van der Waals surface area contributed by atoms with Gasteiger partial charge in [-0.1, -0.05) is 11.6 Å². The lowest BCUT2D eigenvalue weighted by Gasteiger charge is -2.24. The zero-order valence-electron chi connectivity index (χ0n) is 13.2. The number of hydrogen-bond acceptors (Lipinski definition) is 4. The Morgan fingerprint density at radius 1 is 1.36 bits per heavy atom. The second-order valence-corrected chi connectivity index (χ2v) is 5.82. The lowest BCUT2D eigenvalue weighted by molar-refractivity contribution is -0.132. The molecule has 1 aliphatic heterocycles. The van der Waals surface area contributed by atoms with Crippen molar-refractivity contribution in [3.63, 3.8) is 0 Å². The number of rotatable bonds is 6. The van der Waals surface area contributed by atoms with Crippen molar-refractivity contribution in [1.29, 1.82) is 0 Å². The van der Waals surface area contributed by atoms with Crippen LogP contribution in [0, 0.1) is 0 Å². The molecule has 122 valence electrons. The summed E-state index contributed by atoms with van der Waals surface area (Å²) in [5, 5.41) is 0.591. The van der Waals surface area contributed by atoms with Gasteiger partial charge in [-0.25, -0.2) is 0 Å². The van der Waals surface area contributed by atoms with Gasteiger partial charge in [0.15, 0.2) is 0 Å². The quantitative estimate of drug-likeness (QED) is 0.803. The van der Waals surface area contributed by atoms with Crippen molar-refractivity contribution in [2.75, 3.05) is 34.5 Å². The van der Waals surface area contributed by atoms with Crippen molar-refractivity contribution in [1.82, 2.24) is 4.90 Å². The number of likely N-dealkylation sites (tertiary alicyclic amines) is 1. The van der Waals surface area contributed by atoms with Gasteiger partial charge in [0.25, 0.3) is 0 Å². The molecule has 0 aromatic heterocycles. The van der Waals surface area contributed by atoms with E-state index in [0.717, 1.165) is 12.0 Å². The monoisotopic (exact) mass is 327 g/mol. The highest BCUT2D eigenvalue weighted by molar-refractivity contribution is 6.30. The topological polar surface area (TPSA) is 48.0 Å². The van der Waals surface area contributed by atoms with Crippen molar-refractivity contribution in [2.45, 2.75) is 25.0 Å². The van der Waals surface area contributed by atoms with Crippen LogP contribution in [0.4, 0.5) is 0 Å². The van der Waals surface area contributed by atoms with E-state index in [4.69, 9.17) is 25.8 Å². The van der Waals surface area contributed by atoms with Crippen molar-refractivity contribution in [3.05, 3.63) is 28.8 Å². The van der Waals surface area contributed by atoms with Crippen molar-refractivity contribution in [2.24, 2.45) is 0 Å². The molecule has 1 aliphatic rings. The predicted molar refractivity (Wildman–Crippen MR) is 84.5 cm³/mol. The Hall–Kier alpha value is -1.30. The van der Waals surface area contributed by atoms with Crippen LogP contribution in [-0.2, 0) is 20.7 Å². The standard InChI is InChI=1S/C16H22ClNO4/c1-20-10-13-8-14(21-2)9-18(13)16(19)7-11-6-12(17)4-5-15(11)22-3/h4-6,13-14H,7-10H2,1-3H3/t13-,14+/m0/s1. The Balaban J connectivity index is 2.12. The minimum absolute atomic E-state index is 0.0298. The van der Waals surface area contributed by atoms with Gasteiger partial charge in [-0.3, -0.25) is 4.79 Å². The zero-order valence-corrected chi connectivity index (χ0v) is 13.9. The molecule has 1 aromatic carbocycles. The van der Waals surface area contributed by atoms with E-state index >= 15 is 0 Å². The maximum atomic E-state index is 12.7. The van der Waals surface area contributed by atoms with E-state index in [9.17, 15) is 4.79 Å². The summed E-state index contributed by atoms with van der Waals surface area (Å²) >= 11 is 6.02. The summed E-state index contributed by atoms with van der Waals surface area (Å²) < 4.78 is 15.9. The van der Waals surface area contributed by atoms with Gasteiger partial charge in [0.05, 0.1) is 32.3 Å². The number of amides is 1. The van der Waals surface area contributed by atoms with Gasteiger partial charge < -0.3 is 19.1 Å². The van der Waals surface area contributed by atoms with Crippen LogP contribution >= 0.6 is 11.6 Å². The van der Waals surface area contributed by atoms with E-state index in [1.54, 1.807) is 39.5 Å². The second-order valence-electron chi connectivity index (χ2n) is 5.38. The third kappa shape index (κ3) is 3.91. The molecule has 0 N–H and O–H groups in total. The number of nitrogens with zero attached hydrogens (tertiary/aromatic N) is 1. The van der Waals surface area contributed by atoms with Crippen LogP contribution < -0.4 is 4.74 Å². The highest BCUT2D eigenvalue weighted by Gasteiger charge is 2.35. The maximum absolute atomic E-state index is 12.7. The molecule has 0 aliphatic carbocycles. The number of hydrogen-bond donors (Lipinski definition) is 0. The maximum Gasteiger partial charge on any atom is 0.227 e. The molecule has 0 bridgehead atoms. The number of carbonyl (C=O) groups is 1. The first-order chi connectivity index (χ1) is 10.6. The highest BCUT2D eigenvalue weighted by atomic mass is 35.5. The van der Waals surface area contributed by atoms with Crippen LogP contribution in [0.25, 0.3) is 0 Å². The average molecular weight is 328 g/mol. The summed E-state index contributed by atoms with van der Waals surface area (Å²) in [5.41, 5.74) is 0.789. The molecule has 0 spiro atoms. The number of benzene rings is 1. The third-order valence-electron chi connectivity index (χ3n) is 3.97. The van der Waals surface area contributed by atoms with Gasteiger partial charge in [-0.05, 0) is 24.6 Å². The first kappa shape index (κ1) is 17.1. The molecule has 1 aromatic rings. The van der Waals surface area contributed by atoms with Gasteiger partial charge in [-0.2, -0.15) is 0 Å². The van der Waals surface area contributed by atoms with Crippen molar-refractivity contribution in [3.8, 4) is 5.75 Å². The summed E-state index contributed by atoms with van der Waals surface area (Å²) in [7, 11) is 4.90. The van der Waals surface area contributed by atoms with Gasteiger partial charge >= 0.3 is 0 Å². The first-order valence-corrected chi connectivity index (χ1v) is 7.60. The summed E-state index contributed by atoms with van der Waals surface area (Å²) in [6.07, 6.45) is 1.11. The number of ether oxygens (including phenoxy) is 3. The Morgan fingerprint density at radius 2 is 2.14 bits per heavy atom. The summed E-state index contributed by atoms with van der Waals surface area (Å²) in [6.45, 7) is 1.10. The van der Waals surface area contributed by atoms with Crippen LogP contribution in [0.3, 0.4) is 0 Å². The molecule has 1 fully saturated rings. The largest absolute Gasteiger partial charge is 0.496 e. The molecule has 1 heterocycles. The zero-order chi connectivity index (χ0) is 16.1. The van der Waals surface area contributed by atoms with Gasteiger partial charge in [0.1, 0.15) is 5.75 Å². The van der Waals surface area contributed by atoms with E-state index < -0.39 is 0 Å². The highest BCUT2D eigenvalue weighted by Crippen LogP contribution is 2.26. The lowest BCUT2D eigenvalue weighted by atomic mass is 10.1. The van der Waals surface area contributed by atoms with Crippen LogP contribution in [0.1, 0.15) is 12.0 Å². The van der Waals surface area contributed by atoms with Crippen molar-refractivity contribution >= 4 is 17.5 Å². The van der Waals surface area contributed by atoms with E-state index in [1.165, 1.54) is 0 Å². The fraction of sp³-hybridized carbons (Fsp3) is 0.562. The molecule has 0 radical (unpaired) electrons. The number of halogens is 1. The number of carbonyl (C=O) groups excluding carboxylic acids is 1. The summed E-state index contributed by atoms with van der Waals surface area (Å²) in [6, 6.07) is 5.35. The molecule has 22 heavy (non-hydrogen) atoms. The molecular formula is C16H22ClNO4. The molecular weight excluding hydrogens is 306 g/mol. The number of methoxy groups -OCH3 is 3. The molecule has 1 saturated heterocycles. The van der Waals surface area contributed by atoms with Crippen LogP contribution in [-0.4, -0.2) is 57.4 Å². The molecule has 2 rings (SSSR count). The molecule has 6 heteroatoms. The van der Waals surface area contributed by atoms with Crippen molar-refractivity contribution < 1.29 is 19.0 Å². The second kappa shape index (κ2) is 7.81. The van der Waals surface area contributed by atoms with Gasteiger partial charge in [-0.15, -0.1) is 0 Å². The predicted octanol–water partition coefficient (Wildman–Crippen LogP) is 2.15. The Labute approximate surface area is 136 Å². The summed E-state index contributed by atoms with van der Waals surface area (Å²) in [5.74, 6) is 0.700. The molecule has 0 unspecified atom stereocenters.